The first-order chi connectivity index (χ1) is 11.3. The van der Waals surface area contributed by atoms with Gasteiger partial charge in [-0.3, -0.25) is 5.10 Å². The summed E-state index contributed by atoms with van der Waals surface area (Å²) in [7, 11) is 0. The number of thioether (sulfide) groups is 1. The van der Waals surface area contributed by atoms with E-state index in [0.29, 0.717) is 18.2 Å². The Morgan fingerprint density at radius 3 is 2.91 bits per heavy atom. The first-order valence-corrected chi connectivity index (χ1v) is 8.84. The van der Waals surface area contributed by atoms with E-state index in [4.69, 9.17) is 0 Å². The van der Waals surface area contributed by atoms with Crippen LogP contribution < -0.4 is 10.6 Å². The molecule has 2 aromatic rings. The maximum atomic E-state index is 12.1. The van der Waals surface area contributed by atoms with Crippen molar-refractivity contribution in [3.05, 3.63) is 36.4 Å². The van der Waals surface area contributed by atoms with Gasteiger partial charge in [-0.1, -0.05) is 25.0 Å². The Morgan fingerprint density at radius 1 is 1.30 bits per heavy atom. The molecule has 0 saturated heterocycles. The summed E-state index contributed by atoms with van der Waals surface area (Å²) in [6.45, 7) is 0.513. The molecule has 1 saturated carbocycles. The minimum absolute atomic E-state index is 0.191. The van der Waals surface area contributed by atoms with Gasteiger partial charge in [0, 0.05) is 23.1 Å². The molecule has 23 heavy (non-hydrogen) atoms. The Labute approximate surface area is 139 Å². The molecule has 1 aliphatic carbocycles. The van der Waals surface area contributed by atoms with Gasteiger partial charge in [-0.15, -0.1) is 11.8 Å². The summed E-state index contributed by atoms with van der Waals surface area (Å²) in [6, 6.07) is 7.80. The van der Waals surface area contributed by atoms with Crippen molar-refractivity contribution < 1.29 is 4.79 Å². The van der Waals surface area contributed by atoms with E-state index in [1.807, 2.05) is 30.0 Å². The number of para-hydroxylation sites is 1. The number of hydrogen-bond acceptors (Lipinski definition) is 4. The van der Waals surface area contributed by atoms with Crippen LogP contribution in [0.25, 0.3) is 0 Å². The molecule has 3 N–H and O–H groups in total. The average Bonchev–Trinajstić information content (AvgIpc) is 3.23. The highest BCUT2D eigenvalue weighted by molar-refractivity contribution is 8.00. The fourth-order valence-electron chi connectivity index (χ4n) is 2.67. The molecule has 1 heterocycles. The van der Waals surface area contributed by atoms with Crippen LogP contribution in [0.1, 0.15) is 31.5 Å². The van der Waals surface area contributed by atoms with E-state index in [1.165, 1.54) is 32.0 Å². The number of aromatic nitrogens is 3. The van der Waals surface area contributed by atoms with Crippen LogP contribution in [0, 0.1) is 0 Å². The maximum absolute atomic E-state index is 12.1. The maximum Gasteiger partial charge on any atom is 0.319 e. The van der Waals surface area contributed by atoms with Crippen molar-refractivity contribution in [2.75, 3.05) is 11.9 Å². The predicted molar refractivity (Wildman–Crippen MR) is 91.7 cm³/mol. The number of H-pyrrole nitrogens is 1. The molecular weight excluding hydrogens is 310 g/mol. The number of benzene rings is 1. The molecule has 0 spiro atoms. The normalized spacial score (nSPS) is 14.8. The molecule has 1 fully saturated rings. The number of carbonyl (C=O) groups is 1. The Balaban J connectivity index is 1.51. The summed E-state index contributed by atoms with van der Waals surface area (Å²) in [4.78, 5) is 17.2. The van der Waals surface area contributed by atoms with Gasteiger partial charge in [-0.2, -0.15) is 5.10 Å². The molecule has 2 amide bonds. The van der Waals surface area contributed by atoms with E-state index in [2.05, 4.69) is 31.9 Å². The van der Waals surface area contributed by atoms with Crippen molar-refractivity contribution in [2.45, 2.75) is 42.2 Å². The van der Waals surface area contributed by atoms with Crippen LogP contribution in [-0.2, 0) is 6.42 Å². The van der Waals surface area contributed by atoms with Crippen LogP contribution in [0.2, 0.25) is 0 Å². The van der Waals surface area contributed by atoms with E-state index in [-0.39, 0.29) is 6.03 Å². The number of hydrogen-bond donors (Lipinski definition) is 3. The lowest BCUT2D eigenvalue weighted by molar-refractivity contribution is 0.252. The third kappa shape index (κ3) is 4.72. The molecule has 0 radical (unpaired) electrons. The molecule has 1 aromatic carbocycles. The molecule has 3 rings (SSSR count). The van der Waals surface area contributed by atoms with Crippen molar-refractivity contribution in [3.63, 3.8) is 0 Å². The first kappa shape index (κ1) is 15.9. The summed E-state index contributed by atoms with van der Waals surface area (Å²) in [5, 5.41) is 13.0. The van der Waals surface area contributed by atoms with Gasteiger partial charge in [0.25, 0.3) is 0 Å². The van der Waals surface area contributed by atoms with Crippen molar-refractivity contribution in [2.24, 2.45) is 0 Å². The van der Waals surface area contributed by atoms with Crippen molar-refractivity contribution in [3.8, 4) is 0 Å². The zero-order valence-electron chi connectivity index (χ0n) is 12.9. The summed E-state index contributed by atoms with van der Waals surface area (Å²) in [5.41, 5.74) is 0.876. The molecule has 6 nitrogen and oxygen atoms in total. The number of carbonyl (C=O) groups excluding carboxylic acids is 1. The highest BCUT2D eigenvalue weighted by atomic mass is 32.2. The lowest BCUT2D eigenvalue weighted by Gasteiger charge is -2.14. The highest BCUT2D eigenvalue weighted by Gasteiger charge is 2.18. The third-order valence-corrected chi connectivity index (χ3v) is 5.26. The Morgan fingerprint density at radius 2 is 2.13 bits per heavy atom. The summed E-state index contributed by atoms with van der Waals surface area (Å²) >= 11 is 1.88. The topological polar surface area (TPSA) is 82.7 Å². The van der Waals surface area contributed by atoms with Gasteiger partial charge in [-0.05, 0) is 25.0 Å². The fraction of sp³-hybridized carbons (Fsp3) is 0.438. The van der Waals surface area contributed by atoms with E-state index >= 15 is 0 Å². The molecule has 0 bridgehead atoms. The smallest absolute Gasteiger partial charge is 0.319 e. The van der Waals surface area contributed by atoms with Crippen molar-refractivity contribution >= 4 is 23.5 Å². The minimum Gasteiger partial charge on any atom is -0.337 e. The van der Waals surface area contributed by atoms with Crippen LogP contribution in [0.5, 0.6) is 0 Å². The molecule has 122 valence electrons. The van der Waals surface area contributed by atoms with Gasteiger partial charge < -0.3 is 10.6 Å². The van der Waals surface area contributed by atoms with Gasteiger partial charge in [0.1, 0.15) is 12.2 Å². The van der Waals surface area contributed by atoms with Gasteiger partial charge in [0.15, 0.2) is 0 Å². The molecule has 0 aliphatic heterocycles. The van der Waals surface area contributed by atoms with E-state index < -0.39 is 0 Å². The number of urea groups is 1. The van der Waals surface area contributed by atoms with E-state index in [9.17, 15) is 4.79 Å². The fourth-order valence-corrected chi connectivity index (χ4v) is 4.00. The number of rotatable bonds is 6. The van der Waals surface area contributed by atoms with Crippen LogP contribution >= 0.6 is 11.8 Å². The zero-order chi connectivity index (χ0) is 15.9. The number of aromatic amines is 1. The van der Waals surface area contributed by atoms with Gasteiger partial charge in [0.2, 0.25) is 0 Å². The van der Waals surface area contributed by atoms with Crippen LogP contribution in [0.4, 0.5) is 10.5 Å². The van der Waals surface area contributed by atoms with E-state index in [0.717, 1.165) is 16.4 Å². The Kier molecular flexibility index (Phi) is 5.52. The minimum atomic E-state index is -0.191. The molecule has 1 aromatic heterocycles. The number of nitrogens with one attached hydrogen (secondary N) is 3. The number of amides is 2. The largest absolute Gasteiger partial charge is 0.337 e. The lowest BCUT2D eigenvalue weighted by atomic mass is 10.3. The average molecular weight is 331 g/mol. The molecule has 7 heteroatoms. The van der Waals surface area contributed by atoms with Gasteiger partial charge >= 0.3 is 6.03 Å². The first-order valence-electron chi connectivity index (χ1n) is 7.96. The summed E-state index contributed by atoms with van der Waals surface area (Å²) < 4.78 is 0. The monoisotopic (exact) mass is 331 g/mol. The Bertz CT molecular complexity index is 625. The molecule has 0 unspecified atom stereocenters. The highest BCUT2D eigenvalue weighted by Crippen LogP contribution is 2.37. The summed E-state index contributed by atoms with van der Waals surface area (Å²) in [5.74, 6) is 0.766. The van der Waals surface area contributed by atoms with Crippen molar-refractivity contribution in [1.82, 2.24) is 20.5 Å². The van der Waals surface area contributed by atoms with Crippen LogP contribution in [-0.4, -0.2) is 33.0 Å². The lowest BCUT2D eigenvalue weighted by Crippen LogP contribution is -2.30. The second-order valence-electron chi connectivity index (χ2n) is 5.58. The second-order valence-corrected chi connectivity index (χ2v) is 6.93. The quantitative estimate of drug-likeness (QED) is 0.759. The van der Waals surface area contributed by atoms with Gasteiger partial charge in [0.05, 0.1) is 5.69 Å². The van der Waals surface area contributed by atoms with Crippen molar-refractivity contribution in [1.29, 1.82) is 0 Å². The standard InChI is InChI=1S/C16H21N5OS/c22-16(17-10-9-15-18-11-19-21-15)20-13-7-3-4-8-14(13)23-12-5-1-2-6-12/h3-4,7-8,11-12H,1-2,5-6,9-10H2,(H2,17,20,22)(H,18,19,21). The number of anilines is 1. The van der Waals surface area contributed by atoms with E-state index in [1.54, 1.807) is 0 Å². The molecule has 1 aliphatic rings. The predicted octanol–water partition coefficient (Wildman–Crippen LogP) is 3.20. The second kappa shape index (κ2) is 8.01. The molecular formula is C16H21N5OS. The van der Waals surface area contributed by atoms with Crippen LogP contribution in [0.15, 0.2) is 35.5 Å². The molecule has 0 atom stereocenters. The van der Waals surface area contributed by atoms with Gasteiger partial charge in [-0.25, -0.2) is 9.78 Å². The SMILES string of the molecule is O=C(NCCc1ncn[nH]1)Nc1ccccc1SC1CCCC1. The zero-order valence-corrected chi connectivity index (χ0v) is 13.7. The number of nitrogens with zero attached hydrogens (tertiary/aromatic N) is 2. The van der Waals surface area contributed by atoms with Crippen LogP contribution in [0.3, 0.4) is 0 Å². The third-order valence-electron chi connectivity index (χ3n) is 3.84. The summed E-state index contributed by atoms with van der Waals surface area (Å²) in [6.07, 6.45) is 7.26. The Hall–Kier alpha value is -2.02.